The van der Waals surface area contributed by atoms with Crippen LogP contribution in [0.4, 0.5) is 0 Å². The molecule has 1 aromatic carbocycles. The summed E-state index contributed by atoms with van der Waals surface area (Å²) in [5.41, 5.74) is 1.29. The van der Waals surface area contributed by atoms with E-state index in [2.05, 4.69) is 9.97 Å². The van der Waals surface area contributed by atoms with Crippen LogP contribution >= 0.6 is 11.6 Å². The van der Waals surface area contributed by atoms with Crippen LogP contribution in [0.1, 0.15) is 20.8 Å². The number of hydrogen-bond donors (Lipinski definition) is 0. The molecule has 0 unspecified atom stereocenters. The summed E-state index contributed by atoms with van der Waals surface area (Å²) in [7, 11) is 0. The summed E-state index contributed by atoms with van der Waals surface area (Å²) in [5.74, 6) is 0.530. The van der Waals surface area contributed by atoms with Crippen molar-refractivity contribution >= 4 is 22.6 Å². The zero-order chi connectivity index (χ0) is 11.8. The predicted molar refractivity (Wildman–Crippen MR) is 64.9 cm³/mol. The van der Waals surface area contributed by atoms with Gasteiger partial charge in [-0.1, -0.05) is 11.6 Å². The highest BCUT2D eigenvalue weighted by Crippen LogP contribution is 2.20. The molecule has 1 heterocycles. The Morgan fingerprint density at radius 2 is 1.94 bits per heavy atom. The molecular weight excluding hydrogens is 224 g/mol. The molecule has 0 aliphatic rings. The van der Waals surface area contributed by atoms with E-state index in [1.54, 1.807) is 18.3 Å². The van der Waals surface area contributed by atoms with Crippen molar-refractivity contribution in [2.24, 2.45) is 0 Å². The summed E-state index contributed by atoms with van der Waals surface area (Å²) in [6.07, 6.45) is 1.61. The molecule has 4 heteroatoms. The molecule has 2 aromatic rings. The molecule has 0 saturated carbocycles. The fraction of sp³-hybridized carbons (Fsp3) is 0.333. The van der Waals surface area contributed by atoms with Crippen LogP contribution < -0.4 is 4.74 Å². The number of nitrogens with zero attached hydrogens (tertiary/aromatic N) is 2. The molecule has 0 fully saturated rings. The molecule has 0 aliphatic heterocycles. The van der Waals surface area contributed by atoms with Crippen LogP contribution in [0.25, 0.3) is 11.0 Å². The number of ether oxygens (including phenoxy) is 1. The van der Waals surface area contributed by atoms with Crippen molar-refractivity contribution in [1.82, 2.24) is 9.97 Å². The number of fused-ring (bicyclic) bond motifs is 1. The summed E-state index contributed by atoms with van der Waals surface area (Å²) in [6, 6.07) is 5.41. The average molecular weight is 237 g/mol. The van der Waals surface area contributed by atoms with Gasteiger partial charge in [-0.15, -0.1) is 0 Å². The van der Waals surface area contributed by atoms with Gasteiger partial charge < -0.3 is 4.74 Å². The van der Waals surface area contributed by atoms with Gasteiger partial charge in [0.25, 0.3) is 0 Å². The fourth-order valence-electron chi connectivity index (χ4n) is 1.33. The quantitative estimate of drug-likeness (QED) is 0.761. The number of rotatable bonds is 1. The van der Waals surface area contributed by atoms with E-state index in [0.717, 1.165) is 11.0 Å². The molecule has 0 amide bonds. The molecular formula is C12H13ClN2O. The maximum atomic E-state index is 5.87. The second kappa shape index (κ2) is 3.91. The third kappa shape index (κ3) is 2.61. The Labute approximate surface area is 99.4 Å². The van der Waals surface area contributed by atoms with Crippen molar-refractivity contribution in [1.29, 1.82) is 0 Å². The van der Waals surface area contributed by atoms with Crippen LogP contribution in [0.5, 0.6) is 5.88 Å². The third-order valence-electron chi connectivity index (χ3n) is 1.89. The summed E-state index contributed by atoms with van der Waals surface area (Å²) in [6.45, 7) is 5.92. The first kappa shape index (κ1) is 11.1. The van der Waals surface area contributed by atoms with E-state index in [0.29, 0.717) is 10.9 Å². The largest absolute Gasteiger partial charge is 0.471 e. The molecule has 16 heavy (non-hydrogen) atoms. The van der Waals surface area contributed by atoms with Gasteiger partial charge in [0.05, 0.1) is 17.2 Å². The molecule has 3 nitrogen and oxygen atoms in total. The van der Waals surface area contributed by atoms with Crippen molar-refractivity contribution in [3.8, 4) is 5.88 Å². The van der Waals surface area contributed by atoms with Crippen molar-refractivity contribution < 1.29 is 4.74 Å². The number of hydrogen-bond acceptors (Lipinski definition) is 3. The highest BCUT2D eigenvalue weighted by molar-refractivity contribution is 6.31. The van der Waals surface area contributed by atoms with E-state index in [-0.39, 0.29) is 5.60 Å². The number of benzene rings is 1. The highest BCUT2D eigenvalue weighted by atomic mass is 35.5. The van der Waals surface area contributed by atoms with Gasteiger partial charge in [-0.3, -0.25) is 0 Å². The molecule has 2 rings (SSSR count). The summed E-state index contributed by atoms with van der Waals surface area (Å²) in [4.78, 5) is 8.61. The van der Waals surface area contributed by atoms with E-state index >= 15 is 0 Å². The molecule has 0 N–H and O–H groups in total. The standard InChI is InChI=1S/C12H13ClN2O/c1-12(2,3)16-11-7-14-10-6-8(13)4-5-9(10)15-11/h4-7H,1-3H3. The van der Waals surface area contributed by atoms with Gasteiger partial charge in [-0.05, 0) is 39.0 Å². The van der Waals surface area contributed by atoms with Gasteiger partial charge in [-0.25, -0.2) is 9.97 Å². The zero-order valence-corrected chi connectivity index (χ0v) is 10.2. The Bertz CT molecular complexity index is 520. The number of halogens is 1. The normalized spacial score (nSPS) is 11.8. The Kier molecular flexibility index (Phi) is 2.72. The molecule has 0 saturated heterocycles. The Morgan fingerprint density at radius 3 is 2.62 bits per heavy atom. The topological polar surface area (TPSA) is 35.0 Å². The molecule has 0 radical (unpaired) electrons. The van der Waals surface area contributed by atoms with Crippen molar-refractivity contribution in [2.75, 3.05) is 0 Å². The van der Waals surface area contributed by atoms with Crippen LogP contribution in [-0.4, -0.2) is 15.6 Å². The first-order valence-electron chi connectivity index (χ1n) is 5.05. The second-order valence-electron chi connectivity index (χ2n) is 4.56. The molecule has 1 aromatic heterocycles. The third-order valence-corrected chi connectivity index (χ3v) is 2.13. The van der Waals surface area contributed by atoms with Crippen molar-refractivity contribution in [3.05, 3.63) is 29.4 Å². The Hall–Kier alpha value is -1.35. The van der Waals surface area contributed by atoms with Crippen LogP contribution in [0.2, 0.25) is 5.02 Å². The first-order valence-corrected chi connectivity index (χ1v) is 5.43. The van der Waals surface area contributed by atoms with Gasteiger partial charge >= 0.3 is 0 Å². The first-order chi connectivity index (χ1) is 7.44. The summed E-state index contributed by atoms with van der Waals surface area (Å²) in [5, 5.41) is 0.659. The number of aromatic nitrogens is 2. The predicted octanol–water partition coefficient (Wildman–Crippen LogP) is 3.46. The maximum Gasteiger partial charge on any atom is 0.233 e. The minimum Gasteiger partial charge on any atom is -0.471 e. The van der Waals surface area contributed by atoms with Crippen molar-refractivity contribution in [3.63, 3.8) is 0 Å². The van der Waals surface area contributed by atoms with Crippen LogP contribution in [-0.2, 0) is 0 Å². The highest BCUT2D eigenvalue weighted by Gasteiger charge is 2.13. The van der Waals surface area contributed by atoms with Crippen LogP contribution in [0.15, 0.2) is 24.4 Å². The minimum atomic E-state index is -0.269. The van der Waals surface area contributed by atoms with E-state index < -0.39 is 0 Å². The van der Waals surface area contributed by atoms with Gasteiger partial charge in [-0.2, -0.15) is 0 Å². The van der Waals surface area contributed by atoms with E-state index in [1.165, 1.54) is 0 Å². The van der Waals surface area contributed by atoms with Gasteiger partial charge in [0.15, 0.2) is 0 Å². The lowest BCUT2D eigenvalue weighted by atomic mass is 10.2. The monoisotopic (exact) mass is 236 g/mol. The maximum absolute atomic E-state index is 5.87. The summed E-state index contributed by atoms with van der Waals surface area (Å²) < 4.78 is 5.63. The van der Waals surface area contributed by atoms with Crippen LogP contribution in [0.3, 0.4) is 0 Å². The SMILES string of the molecule is CC(C)(C)Oc1cnc2cc(Cl)ccc2n1. The Morgan fingerprint density at radius 1 is 1.19 bits per heavy atom. The van der Waals surface area contributed by atoms with Crippen molar-refractivity contribution in [2.45, 2.75) is 26.4 Å². The van der Waals surface area contributed by atoms with Gasteiger partial charge in [0, 0.05) is 5.02 Å². The molecule has 0 bridgehead atoms. The van der Waals surface area contributed by atoms with E-state index in [4.69, 9.17) is 16.3 Å². The van der Waals surface area contributed by atoms with E-state index in [1.807, 2.05) is 26.8 Å². The van der Waals surface area contributed by atoms with Gasteiger partial charge in [0.2, 0.25) is 5.88 Å². The lowest BCUT2D eigenvalue weighted by Gasteiger charge is -2.19. The smallest absolute Gasteiger partial charge is 0.233 e. The fourth-order valence-corrected chi connectivity index (χ4v) is 1.50. The molecule has 0 atom stereocenters. The molecule has 84 valence electrons. The summed E-state index contributed by atoms with van der Waals surface area (Å²) >= 11 is 5.87. The average Bonchev–Trinajstić information content (AvgIpc) is 2.16. The lowest BCUT2D eigenvalue weighted by molar-refractivity contribution is 0.124. The Balaban J connectivity index is 2.41. The zero-order valence-electron chi connectivity index (χ0n) is 9.49. The lowest BCUT2D eigenvalue weighted by Crippen LogP contribution is -2.23. The van der Waals surface area contributed by atoms with E-state index in [9.17, 15) is 0 Å². The van der Waals surface area contributed by atoms with Gasteiger partial charge in [0.1, 0.15) is 5.60 Å². The van der Waals surface area contributed by atoms with Crippen LogP contribution in [0, 0.1) is 0 Å². The molecule has 0 aliphatic carbocycles. The molecule has 0 spiro atoms. The second-order valence-corrected chi connectivity index (χ2v) is 4.99. The minimum absolute atomic E-state index is 0.269.